The molecule has 212 valence electrons. The van der Waals surface area contributed by atoms with E-state index in [1.807, 2.05) is 11.8 Å². The Labute approximate surface area is 233 Å². The predicted octanol–water partition coefficient (Wildman–Crippen LogP) is 7.56. The van der Waals surface area contributed by atoms with Gasteiger partial charge in [0.05, 0.1) is 23.0 Å². The SMILES string of the molecule is CCCC[C@H]1C=C2CSC[C@@]34C=C[C@@H](O3)[C@@](CO[Si](C)(C)C(C)(C)C)([C@H]1O)[C@@]24CO[Si](C)(C)C(C)(C)C. The molecular weight excluding hydrogens is 513 g/mol. The highest BCUT2D eigenvalue weighted by Crippen LogP contribution is 2.73. The fourth-order valence-corrected chi connectivity index (χ4v) is 10.0. The van der Waals surface area contributed by atoms with Crippen LogP contribution in [0.15, 0.2) is 23.8 Å². The van der Waals surface area contributed by atoms with Crippen molar-refractivity contribution < 1.29 is 18.7 Å². The highest BCUT2D eigenvalue weighted by Gasteiger charge is 2.80. The number of rotatable bonds is 9. The number of hydrogen-bond donors (Lipinski definition) is 1. The molecule has 0 saturated carbocycles. The first-order chi connectivity index (χ1) is 16.9. The maximum absolute atomic E-state index is 12.5. The molecule has 1 spiro atoms. The molecule has 0 radical (unpaired) electrons. The molecule has 0 aromatic carbocycles. The van der Waals surface area contributed by atoms with E-state index in [-0.39, 0.29) is 22.1 Å². The van der Waals surface area contributed by atoms with Gasteiger partial charge in [-0.05, 0) is 42.7 Å². The minimum absolute atomic E-state index is 0.1000. The minimum Gasteiger partial charge on any atom is -0.416 e. The molecule has 4 aliphatic rings. The molecule has 2 bridgehead atoms. The maximum atomic E-state index is 12.5. The Balaban J connectivity index is 1.87. The zero-order chi connectivity index (χ0) is 27.7. The van der Waals surface area contributed by atoms with E-state index < -0.39 is 39.2 Å². The first-order valence-corrected chi connectivity index (χ1v) is 21.5. The summed E-state index contributed by atoms with van der Waals surface area (Å²) in [6.45, 7) is 26.6. The lowest BCUT2D eigenvalue weighted by atomic mass is 9.45. The van der Waals surface area contributed by atoms with Crippen molar-refractivity contribution in [3.05, 3.63) is 23.8 Å². The highest BCUT2D eigenvalue weighted by molar-refractivity contribution is 7.99. The number of thioether (sulfide) groups is 1. The molecule has 7 heteroatoms. The average molecular weight is 567 g/mol. The number of fused-ring (bicyclic) bond motifs is 2. The molecule has 0 unspecified atom stereocenters. The summed E-state index contributed by atoms with van der Waals surface area (Å²) in [4.78, 5) is 0. The normalized spacial score (nSPS) is 37.6. The largest absolute Gasteiger partial charge is 0.416 e. The van der Waals surface area contributed by atoms with Crippen molar-refractivity contribution >= 4 is 28.4 Å². The van der Waals surface area contributed by atoms with Crippen LogP contribution in [0, 0.1) is 16.7 Å². The van der Waals surface area contributed by atoms with Gasteiger partial charge in [-0.25, -0.2) is 0 Å². The Bertz CT molecular complexity index is 933. The molecule has 6 atom stereocenters. The Hall–Kier alpha value is 0.104. The molecule has 37 heavy (non-hydrogen) atoms. The van der Waals surface area contributed by atoms with E-state index in [1.165, 1.54) is 5.57 Å². The molecule has 2 saturated heterocycles. The van der Waals surface area contributed by atoms with E-state index in [9.17, 15) is 5.11 Å². The summed E-state index contributed by atoms with van der Waals surface area (Å²) in [5.74, 6) is 2.03. The van der Waals surface area contributed by atoms with Crippen molar-refractivity contribution in [2.75, 3.05) is 24.7 Å². The maximum Gasteiger partial charge on any atom is 0.192 e. The quantitative estimate of drug-likeness (QED) is 0.230. The number of aliphatic hydroxyl groups excluding tert-OH is 1. The van der Waals surface area contributed by atoms with Crippen LogP contribution in [0.1, 0.15) is 67.7 Å². The van der Waals surface area contributed by atoms with Crippen molar-refractivity contribution in [1.29, 1.82) is 0 Å². The van der Waals surface area contributed by atoms with Crippen LogP contribution >= 0.6 is 11.8 Å². The summed E-state index contributed by atoms with van der Waals surface area (Å²) in [6.07, 6.45) is 9.64. The average Bonchev–Trinajstić information content (AvgIpc) is 3.30. The first-order valence-electron chi connectivity index (χ1n) is 14.5. The van der Waals surface area contributed by atoms with Crippen LogP contribution in [0.3, 0.4) is 0 Å². The second-order valence-corrected chi connectivity index (χ2v) is 25.9. The van der Waals surface area contributed by atoms with Gasteiger partial charge < -0.3 is 18.7 Å². The summed E-state index contributed by atoms with van der Waals surface area (Å²) >= 11 is 1.98. The molecular formula is C30H54O4SSi2. The zero-order valence-electron chi connectivity index (χ0n) is 25.5. The third kappa shape index (κ3) is 4.36. The lowest BCUT2D eigenvalue weighted by molar-refractivity contribution is -0.130. The van der Waals surface area contributed by atoms with Crippen molar-refractivity contribution in [2.24, 2.45) is 16.7 Å². The molecule has 1 N–H and O–H groups in total. The molecule has 4 rings (SSSR count). The van der Waals surface area contributed by atoms with E-state index in [2.05, 4.69) is 92.9 Å². The first kappa shape index (κ1) is 30.1. The van der Waals surface area contributed by atoms with Crippen molar-refractivity contribution in [3.8, 4) is 0 Å². The van der Waals surface area contributed by atoms with Crippen LogP contribution in [-0.2, 0) is 13.6 Å². The van der Waals surface area contributed by atoms with Crippen LogP contribution in [0.5, 0.6) is 0 Å². The molecule has 3 heterocycles. The summed E-state index contributed by atoms with van der Waals surface area (Å²) in [6, 6.07) is 0. The van der Waals surface area contributed by atoms with E-state index in [1.54, 1.807) is 0 Å². The monoisotopic (exact) mass is 566 g/mol. The second kappa shape index (κ2) is 9.59. The Morgan fingerprint density at radius 3 is 2.19 bits per heavy atom. The van der Waals surface area contributed by atoms with Crippen molar-refractivity contribution in [1.82, 2.24) is 0 Å². The van der Waals surface area contributed by atoms with Gasteiger partial charge in [0.25, 0.3) is 0 Å². The van der Waals surface area contributed by atoms with Gasteiger partial charge in [0.2, 0.25) is 0 Å². The molecule has 0 aromatic rings. The Kier molecular flexibility index (Phi) is 7.80. The summed E-state index contributed by atoms with van der Waals surface area (Å²) < 4.78 is 21.3. The molecule has 4 nitrogen and oxygen atoms in total. The lowest BCUT2D eigenvalue weighted by Gasteiger charge is -2.62. The Morgan fingerprint density at radius 2 is 1.62 bits per heavy atom. The van der Waals surface area contributed by atoms with Gasteiger partial charge in [0, 0.05) is 30.6 Å². The Morgan fingerprint density at radius 1 is 1.03 bits per heavy atom. The number of unbranched alkanes of at least 4 members (excludes halogenated alkanes) is 1. The topological polar surface area (TPSA) is 47.9 Å². The van der Waals surface area contributed by atoms with Gasteiger partial charge in [0.15, 0.2) is 16.6 Å². The van der Waals surface area contributed by atoms with Crippen LogP contribution < -0.4 is 0 Å². The van der Waals surface area contributed by atoms with Gasteiger partial charge in [-0.2, -0.15) is 11.8 Å². The number of aliphatic hydroxyl groups is 1. The highest BCUT2D eigenvalue weighted by atomic mass is 32.2. The van der Waals surface area contributed by atoms with E-state index in [0.29, 0.717) is 13.2 Å². The van der Waals surface area contributed by atoms with Crippen molar-refractivity contribution in [2.45, 2.75) is 122 Å². The fourth-order valence-electron chi connectivity index (χ4n) is 6.60. The fraction of sp³-hybridized carbons (Fsp3) is 0.867. The predicted molar refractivity (Wildman–Crippen MR) is 162 cm³/mol. The van der Waals surface area contributed by atoms with Crippen LogP contribution in [0.25, 0.3) is 0 Å². The van der Waals surface area contributed by atoms with Crippen molar-refractivity contribution in [3.63, 3.8) is 0 Å². The second-order valence-electron chi connectivity index (χ2n) is 15.3. The van der Waals surface area contributed by atoms with Crippen LogP contribution in [-0.4, -0.2) is 64.3 Å². The molecule has 2 fully saturated rings. The number of hydrogen-bond acceptors (Lipinski definition) is 5. The minimum atomic E-state index is -2.07. The molecule has 0 aromatic heterocycles. The smallest absolute Gasteiger partial charge is 0.192 e. The zero-order valence-corrected chi connectivity index (χ0v) is 28.3. The van der Waals surface area contributed by atoms with Gasteiger partial charge in [-0.1, -0.05) is 85.1 Å². The van der Waals surface area contributed by atoms with Gasteiger partial charge >= 0.3 is 0 Å². The van der Waals surface area contributed by atoms with E-state index >= 15 is 0 Å². The summed E-state index contributed by atoms with van der Waals surface area (Å²) in [7, 11) is -4.11. The van der Waals surface area contributed by atoms with Crippen LogP contribution in [0.2, 0.25) is 36.3 Å². The summed E-state index contributed by atoms with van der Waals surface area (Å²) in [5.41, 5.74) is 0.0651. The third-order valence-corrected chi connectivity index (χ3v) is 21.3. The molecule has 1 aliphatic carbocycles. The summed E-state index contributed by atoms with van der Waals surface area (Å²) in [5, 5.41) is 12.7. The van der Waals surface area contributed by atoms with Gasteiger partial charge in [0.1, 0.15) is 5.60 Å². The van der Waals surface area contributed by atoms with Crippen LogP contribution in [0.4, 0.5) is 0 Å². The van der Waals surface area contributed by atoms with E-state index in [4.69, 9.17) is 13.6 Å². The lowest BCUT2D eigenvalue weighted by Crippen LogP contribution is -2.70. The van der Waals surface area contributed by atoms with Gasteiger partial charge in [-0.3, -0.25) is 0 Å². The van der Waals surface area contributed by atoms with E-state index in [0.717, 1.165) is 30.8 Å². The standard InChI is InChI=1S/C30H54O4SSi2/c1-12-13-14-22-17-23-18-35-21-28-16-15-24(34-28)29(25(22)31,19-32-36(8,9)26(2,3)4)30(23,28)20-33-37(10,11)27(5,6)7/h15-17,22,24-25,31H,12-14,18-21H2,1-11H3/t22-,24+,25-,28+,29-,30-/m0/s1. The van der Waals surface area contributed by atoms with Gasteiger partial charge in [-0.15, -0.1) is 0 Å². The number of ether oxygens (including phenoxy) is 1. The molecule has 0 amide bonds. The molecule has 3 aliphatic heterocycles. The third-order valence-electron chi connectivity index (χ3n) is 11.2.